The number of aromatic nitrogens is 3. The molecule has 32 heavy (non-hydrogen) atoms. The fraction of sp³-hybridized carbons (Fsp3) is 0.550. The Morgan fingerprint density at radius 3 is 2.72 bits per heavy atom. The summed E-state index contributed by atoms with van der Waals surface area (Å²) in [5.74, 6) is -0.262. The molecule has 0 aliphatic carbocycles. The largest absolute Gasteiger partial charge is 0.383 e. The van der Waals surface area contributed by atoms with Crippen molar-refractivity contribution in [1.29, 1.82) is 0 Å². The molecule has 3 rings (SSSR count). The van der Waals surface area contributed by atoms with Crippen LogP contribution < -0.4 is 32.1 Å². The number of unbranched alkanes of at least 4 members (excludes halogenated alkanes) is 1. The molecule has 3 heterocycles. The first-order valence-corrected chi connectivity index (χ1v) is 11.5. The molecule has 0 unspecified atom stereocenters. The molecule has 174 valence electrons. The van der Waals surface area contributed by atoms with Gasteiger partial charge in [0.05, 0.1) is 12.1 Å². The van der Waals surface area contributed by atoms with Gasteiger partial charge in [-0.3, -0.25) is 24.0 Å². The minimum absolute atomic E-state index is 0.0157. The monoisotopic (exact) mass is 463 g/mol. The van der Waals surface area contributed by atoms with E-state index in [0.29, 0.717) is 36.9 Å². The van der Waals surface area contributed by atoms with Gasteiger partial charge >= 0.3 is 11.7 Å². The number of nitrogens with one attached hydrogen (secondary N) is 2. The van der Waals surface area contributed by atoms with Gasteiger partial charge in [0, 0.05) is 31.6 Å². The smallest absolute Gasteiger partial charge is 0.330 e. The van der Waals surface area contributed by atoms with Crippen LogP contribution in [0.25, 0.3) is 0 Å². The van der Waals surface area contributed by atoms with Crippen LogP contribution in [0, 0.1) is 5.92 Å². The first-order chi connectivity index (χ1) is 15.2. The van der Waals surface area contributed by atoms with E-state index >= 15 is 0 Å². The van der Waals surface area contributed by atoms with E-state index in [-0.39, 0.29) is 42.3 Å². The lowest BCUT2D eigenvalue weighted by Gasteiger charge is -2.24. The summed E-state index contributed by atoms with van der Waals surface area (Å²) in [6, 6.07) is -0.214. The van der Waals surface area contributed by atoms with Gasteiger partial charge in [-0.1, -0.05) is 27.2 Å². The van der Waals surface area contributed by atoms with Crippen LogP contribution in [-0.4, -0.2) is 46.1 Å². The Morgan fingerprint density at radius 2 is 2.09 bits per heavy atom. The van der Waals surface area contributed by atoms with Crippen molar-refractivity contribution in [3.8, 4) is 0 Å². The molecule has 2 aromatic heterocycles. The summed E-state index contributed by atoms with van der Waals surface area (Å²) in [6.07, 6.45) is 1.40. The average molecular weight is 464 g/mol. The molecule has 3 amide bonds. The number of rotatable bonds is 9. The number of nitrogen functional groups attached to an aromatic ring is 1. The van der Waals surface area contributed by atoms with Crippen LogP contribution in [0.3, 0.4) is 0 Å². The second-order valence-corrected chi connectivity index (χ2v) is 8.91. The average Bonchev–Trinajstić information content (AvgIpc) is 3.35. The Labute approximate surface area is 189 Å². The van der Waals surface area contributed by atoms with Crippen LogP contribution in [-0.2, 0) is 17.8 Å². The fourth-order valence-corrected chi connectivity index (χ4v) is 4.32. The second-order valence-electron chi connectivity index (χ2n) is 8.08. The predicted octanol–water partition coefficient (Wildman–Crippen LogP) is 1.14. The van der Waals surface area contributed by atoms with Gasteiger partial charge in [0.15, 0.2) is 10.8 Å². The highest BCUT2D eigenvalue weighted by molar-refractivity contribution is 7.14. The molecule has 0 spiro atoms. The van der Waals surface area contributed by atoms with Crippen LogP contribution in [0.1, 0.15) is 39.3 Å². The maximum atomic E-state index is 13.2. The first kappa shape index (κ1) is 23.5. The van der Waals surface area contributed by atoms with Crippen molar-refractivity contribution in [2.24, 2.45) is 5.92 Å². The van der Waals surface area contributed by atoms with Crippen LogP contribution in [0.4, 0.5) is 21.4 Å². The Hall–Kier alpha value is -3.15. The van der Waals surface area contributed by atoms with E-state index in [2.05, 4.69) is 15.3 Å². The summed E-state index contributed by atoms with van der Waals surface area (Å²) < 4.78 is 1.29. The molecule has 0 atom stereocenters. The Morgan fingerprint density at radius 1 is 1.34 bits per heavy atom. The van der Waals surface area contributed by atoms with Gasteiger partial charge in [-0.25, -0.2) is 14.6 Å². The number of nitrogens with zero attached hydrogens (tertiary/aromatic N) is 4. The molecule has 4 N–H and O–H groups in total. The lowest BCUT2D eigenvalue weighted by molar-refractivity contribution is -0.118. The van der Waals surface area contributed by atoms with Gasteiger partial charge in [-0.05, 0) is 12.3 Å². The minimum Gasteiger partial charge on any atom is -0.383 e. The summed E-state index contributed by atoms with van der Waals surface area (Å²) in [5.41, 5.74) is 5.42. The van der Waals surface area contributed by atoms with E-state index in [9.17, 15) is 19.2 Å². The molecule has 0 radical (unpaired) electrons. The van der Waals surface area contributed by atoms with Crippen molar-refractivity contribution in [3.63, 3.8) is 0 Å². The highest BCUT2D eigenvalue weighted by Crippen LogP contribution is 2.24. The van der Waals surface area contributed by atoms with E-state index < -0.39 is 11.2 Å². The van der Waals surface area contributed by atoms with Crippen molar-refractivity contribution < 1.29 is 9.59 Å². The highest BCUT2D eigenvalue weighted by atomic mass is 32.1. The van der Waals surface area contributed by atoms with Crippen molar-refractivity contribution in [2.45, 2.75) is 46.6 Å². The van der Waals surface area contributed by atoms with E-state index in [0.717, 1.165) is 6.42 Å². The molecule has 1 aliphatic heterocycles. The Bertz CT molecular complexity index is 1100. The van der Waals surface area contributed by atoms with Crippen LogP contribution >= 0.6 is 11.3 Å². The van der Waals surface area contributed by atoms with E-state index in [4.69, 9.17) is 5.73 Å². The number of urea groups is 1. The number of anilines is 3. The first-order valence-electron chi connectivity index (χ1n) is 10.7. The van der Waals surface area contributed by atoms with Gasteiger partial charge < -0.3 is 16.0 Å². The lowest BCUT2D eigenvalue weighted by atomic mass is 10.2. The van der Waals surface area contributed by atoms with E-state index in [1.54, 1.807) is 5.38 Å². The quantitative estimate of drug-likeness (QED) is 0.508. The predicted molar refractivity (Wildman–Crippen MR) is 124 cm³/mol. The molecule has 12 heteroatoms. The van der Waals surface area contributed by atoms with Crippen molar-refractivity contribution in [3.05, 3.63) is 31.9 Å². The SMILES string of the molecule is CCCCN(C(=O)Cc1csc(N2CCNC2=O)n1)c1c(N)n(CC(C)C)c(=O)[nH]c1=O. The van der Waals surface area contributed by atoms with E-state index in [1.807, 2.05) is 20.8 Å². The fourth-order valence-electron chi connectivity index (χ4n) is 3.47. The Kier molecular flexibility index (Phi) is 7.33. The molecule has 1 fully saturated rings. The molecule has 2 aromatic rings. The number of carbonyl (C=O) groups is 2. The molecule has 0 aromatic carbocycles. The summed E-state index contributed by atoms with van der Waals surface area (Å²) in [7, 11) is 0. The molecule has 1 saturated heterocycles. The van der Waals surface area contributed by atoms with Crippen LogP contribution in [0.15, 0.2) is 15.0 Å². The summed E-state index contributed by atoms with van der Waals surface area (Å²) in [5, 5.41) is 4.96. The molecule has 0 bridgehead atoms. The van der Waals surface area contributed by atoms with Gasteiger partial charge in [0.1, 0.15) is 5.82 Å². The third-order valence-electron chi connectivity index (χ3n) is 5.03. The molecular weight excluding hydrogens is 434 g/mol. The van der Waals surface area contributed by atoms with Gasteiger partial charge in [-0.15, -0.1) is 11.3 Å². The number of hydrogen-bond acceptors (Lipinski definition) is 7. The summed E-state index contributed by atoms with van der Waals surface area (Å²) in [6.45, 7) is 7.50. The molecule has 0 saturated carbocycles. The molecule has 11 nitrogen and oxygen atoms in total. The standard InChI is InChI=1S/C20H29N7O4S/c1-4-5-7-25(15-16(21)27(10-12(2)3)19(31)24-17(15)29)14(28)9-13-11-32-20(23-13)26-8-6-22-18(26)30/h11-12H,4-10,21H2,1-3H3,(H,22,30)(H,24,29,31). The molecular formula is C20H29N7O4S. The maximum absolute atomic E-state index is 13.2. The van der Waals surface area contributed by atoms with Crippen LogP contribution in [0.5, 0.6) is 0 Å². The number of amides is 3. The maximum Gasteiger partial charge on any atom is 0.330 e. The second kappa shape index (κ2) is 9.98. The van der Waals surface area contributed by atoms with Crippen molar-refractivity contribution >= 4 is 39.9 Å². The summed E-state index contributed by atoms with van der Waals surface area (Å²) in [4.78, 5) is 59.6. The Balaban J connectivity index is 1.91. The van der Waals surface area contributed by atoms with Gasteiger partial charge in [0.25, 0.3) is 5.56 Å². The highest BCUT2D eigenvalue weighted by Gasteiger charge is 2.27. The lowest BCUT2D eigenvalue weighted by Crippen LogP contribution is -2.42. The third-order valence-corrected chi connectivity index (χ3v) is 5.94. The van der Waals surface area contributed by atoms with E-state index in [1.165, 1.54) is 25.7 Å². The third kappa shape index (κ3) is 5.01. The number of aromatic amines is 1. The number of hydrogen-bond donors (Lipinski definition) is 3. The number of carbonyl (C=O) groups excluding carboxylic acids is 2. The zero-order chi connectivity index (χ0) is 23.4. The van der Waals surface area contributed by atoms with Crippen molar-refractivity contribution in [1.82, 2.24) is 19.9 Å². The number of thiazole rings is 1. The number of H-pyrrole nitrogens is 1. The normalized spacial score (nSPS) is 13.6. The zero-order valence-electron chi connectivity index (χ0n) is 18.5. The zero-order valence-corrected chi connectivity index (χ0v) is 19.3. The summed E-state index contributed by atoms with van der Waals surface area (Å²) >= 11 is 1.28. The topological polar surface area (TPSA) is 146 Å². The van der Waals surface area contributed by atoms with Gasteiger partial charge in [0.2, 0.25) is 5.91 Å². The van der Waals surface area contributed by atoms with Crippen molar-refractivity contribution in [2.75, 3.05) is 35.2 Å². The van der Waals surface area contributed by atoms with Crippen LogP contribution in [0.2, 0.25) is 0 Å². The number of nitrogens with two attached hydrogens (primary N) is 1. The molecule has 1 aliphatic rings. The minimum atomic E-state index is -0.690. The van der Waals surface area contributed by atoms with Gasteiger partial charge in [-0.2, -0.15) is 0 Å².